The van der Waals surface area contributed by atoms with Crippen molar-refractivity contribution in [2.45, 2.75) is 18.0 Å². The number of nitriles is 1. The molecule has 0 fully saturated rings. The summed E-state index contributed by atoms with van der Waals surface area (Å²) >= 11 is 0. The number of ketones is 1. The van der Waals surface area contributed by atoms with Gasteiger partial charge in [-0.15, -0.1) is 0 Å². The Labute approximate surface area is 140 Å². The highest BCUT2D eigenvalue weighted by atomic mass is 19.4. The predicted molar refractivity (Wildman–Crippen MR) is 59.9 cm³/mol. The highest BCUT2D eigenvalue weighted by Crippen LogP contribution is 2.47. The Kier molecular flexibility index (Phi) is 5.51. The molecular formula is C13HF11NO2-. The van der Waals surface area contributed by atoms with Crippen LogP contribution in [0.5, 0.6) is 0 Å². The van der Waals surface area contributed by atoms with E-state index in [4.69, 9.17) is 5.26 Å². The van der Waals surface area contributed by atoms with E-state index >= 15 is 0 Å². The Balaban J connectivity index is 3.68. The fourth-order valence-corrected chi connectivity index (χ4v) is 1.68. The molecule has 1 aromatic rings. The molecule has 0 N–H and O–H groups in total. The largest absolute Gasteiger partial charge is 0.872 e. The summed E-state index contributed by atoms with van der Waals surface area (Å²) in [4.78, 5) is 11.1. The van der Waals surface area contributed by atoms with E-state index in [1.807, 2.05) is 0 Å². The van der Waals surface area contributed by atoms with Crippen LogP contribution in [0.3, 0.4) is 0 Å². The second kappa shape index (κ2) is 6.71. The zero-order valence-electron chi connectivity index (χ0n) is 12.0. The topological polar surface area (TPSA) is 63.9 Å². The Morgan fingerprint density at radius 2 is 1.22 bits per heavy atom. The fourth-order valence-electron chi connectivity index (χ4n) is 1.68. The first-order valence-electron chi connectivity index (χ1n) is 6.04. The van der Waals surface area contributed by atoms with Crippen LogP contribution in [0.1, 0.15) is 11.1 Å². The van der Waals surface area contributed by atoms with Crippen molar-refractivity contribution in [3.8, 4) is 6.07 Å². The smallest absolute Gasteiger partial charge is 0.439 e. The van der Waals surface area contributed by atoms with Crippen LogP contribution in [0, 0.1) is 34.6 Å². The van der Waals surface area contributed by atoms with Crippen molar-refractivity contribution in [2.75, 3.05) is 0 Å². The molecule has 0 heterocycles. The molecule has 3 nitrogen and oxygen atoms in total. The van der Waals surface area contributed by atoms with Crippen molar-refractivity contribution in [1.82, 2.24) is 0 Å². The minimum absolute atomic E-state index is 0.640. The fraction of sp³-hybridized carbons (Fsp3) is 0.231. The summed E-state index contributed by atoms with van der Waals surface area (Å²) in [6.07, 6.45) is -15.2. The lowest BCUT2D eigenvalue weighted by Crippen LogP contribution is -2.58. The van der Waals surface area contributed by atoms with Gasteiger partial charge in [-0.25, -0.2) is 22.0 Å². The predicted octanol–water partition coefficient (Wildman–Crippen LogP) is 3.22. The quantitative estimate of drug-likeness (QED) is 0.332. The second-order valence-electron chi connectivity index (χ2n) is 4.64. The number of hydrogen-bond acceptors (Lipinski definition) is 3. The van der Waals surface area contributed by atoms with Gasteiger partial charge in [0.15, 0.2) is 23.3 Å². The molecule has 0 saturated carbocycles. The van der Waals surface area contributed by atoms with Gasteiger partial charge in [-0.1, -0.05) is 5.76 Å². The second-order valence-corrected chi connectivity index (χ2v) is 4.64. The van der Waals surface area contributed by atoms with Crippen LogP contribution in [-0.2, 0) is 4.79 Å². The van der Waals surface area contributed by atoms with E-state index in [1.165, 1.54) is 0 Å². The molecule has 0 aliphatic heterocycles. The highest BCUT2D eigenvalue weighted by Gasteiger charge is 2.76. The summed E-state index contributed by atoms with van der Waals surface area (Å²) in [5.41, 5.74) is -11.0. The van der Waals surface area contributed by atoms with Gasteiger partial charge < -0.3 is 5.11 Å². The van der Waals surface area contributed by atoms with E-state index in [0.717, 1.165) is 0 Å². The highest BCUT2D eigenvalue weighted by molar-refractivity contribution is 6.02. The summed E-state index contributed by atoms with van der Waals surface area (Å²) in [5.74, 6) is -16.8. The number of benzene rings is 1. The molecule has 0 atom stereocenters. The van der Waals surface area contributed by atoms with Crippen molar-refractivity contribution < 1.29 is 58.2 Å². The molecule has 1 aromatic carbocycles. The monoisotopic (exact) mass is 412 g/mol. The first-order valence-corrected chi connectivity index (χ1v) is 6.04. The Bertz CT molecular complexity index is 818. The first-order chi connectivity index (χ1) is 12.0. The number of alkyl halides is 7. The van der Waals surface area contributed by atoms with Crippen LogP contribution in [0.4, 0.5) is 48.3 Å². The van der Waals surface area contributed by atoms with E-state index < -0.39 is 70.0 Å². The summed E-state index contributed by atoms with van der Waals surface area (Å²) < 4.78 is 141. The maximum atomic E-state index is 13.5. The number of nitrogens with zero attached hydrogens (tertiary/aromatic N) is 1. The van der Waals surface area contributed by atoms with Gasteiger partial charge in [-0.2, -0.15) is 31.6 Å². The van der Waals surface area contributed by atoms with Crippen molar-refractivity contribution in [3.05, 3.63) is 40.5 Å². The van der Waals surface area contributed by atoms with Crippen LogP contribution in [0.25, 0.3) is 5.76 Å². The zero-order valence-corrected chi connectivity index (χ0v) is 12.0. The molecule has 27 heavy (non-hydrogen) atoms. The van der Waals surface area contributed by atoms with Crippen LogP contribution in [-0.4, -0.2) is 23.8 Å². The Morgan fingerprint density at radius 1 is 0.852 bits per heavy atom. The summed E-state index contributed by atoms with van der Waals surface area (Å²) in [5, 5.41) is 19.7. The Hall–Kier alpha value is -2.85. The standard InChI is InChI=1S/C13H2F11NO2/c14-7-3(2-25)8(15)10(17)6(9(7)16)4(26)1-5(27)11(18,12(19,20)21)13(22,23)24/h1,26H/p-1/b4-1-. The average molecular weight is 412 g/mol. The molecular weight excluding hydrogens is 411 g/mol. The number of rotatable bonds is 3. The number of halogens is 11. The molecule has 0 radical (unpaired) electrons. The van der Waals surface area contributed by atoms with Crippen LogP contribution in [0.2, 0.25) is 0 Å². The maximum Gasteiger partial charge on any atom is 0.439 e. The molecule has 0 amide bonds. The molecule has 0 bridgehead atoms. The van der Waals surface area contributed by atoms with E-state index in [0.29, 0.717) is 6.07 Å². The molecule has 0 saturated heterocycles. The molecule has 148 valence electrons. The van der Waals surface area contributed by atoms with E-state index in [-0.39, 0.29) is 0 Å². The summed E-state index contributed by atoms with van der Waals surface area (Å²) in [7, 11) is 0. The molecule has 0 unspecified atom stereocenters. The number of allylic oxidation sites excluding steroid dienone is 1. The summed E-state index contributed by atoms with van der Waals surface area (Å²) in [6, 6.07) is 0.640. The first kappa shape index (κ1) is 22.2. The number of carbonyl (C=O) groups is 1. The molecule has 1 rings (SSSR count). The van der Waals surface area contributed by atoms with Gasteiger partial charge in [0.1, 0.15) is 11.6 Å². The molecule has 0 spiro atoms. The minimum atomic E-state index is -6.93. The average Bonchev–Trinajstić information content (AvgIpc) is 2.50. The lowest BCUT2D eigenvalue weighted by Gasteiger charge is -2.28. The third-order valence-corrected chi connectivity index (χ3v) is 3.00. The van der Waals surface area contributed by atoms with Crippen LogP contribution < -0.4 is 5.11 Å². The minimum Gasteiger partial charge on any atom is -0.872 e. The third-order valence-electron chi connectivity index (χ3n) is 3.00. The van der Waals surface area contributed by atoms with Gasteiger partial charge in [-0.05, 0) is 6.08 Å². The van der Waals surface area contributed by atoms with Crippen LogP contribution >= 0.6 is 0 Å². The normalized spacial score (nSPS) is 13.5. The van der Waals surface area contributed by atoms with Crippen molar-refractivity contribution >= 4 is 11.5 Å². The van der Waals surface area contributed by atoms with E-state index in [1.54, 1.807) is 0 Å². The van der Waals surface area contributed by atoms with Crippen molar-refractivity contribution in [1.29, 1.82) is 5.26 Å². The van der Waals surface area contributed by atoms with Gasteiger partial charge in [0.05, 0.1) is 0 Å². The van der Waals surface area contributed by atoms with Crippen molar-refractivity contribution in [3.63, 3.8) is 0 Å². The molecule has 0 aliphatic rings. The molecule has 0 aromatic heterocycles. The van der Waals surface area contributed by atoms with E-state index in [9.17, 15) is 58.2 Å². The summed E-state index contributed by atoms with van der Waals surface area (Å²) in [6.45, 7) is 0. The van der Waals surface area contributed by atoms with Gasteiger partial charge in [0.25, 0.3) is 0 Å². The number of carbonyl (C=O) groups excluding carboxylic acids is 1. The number of hydrogen-bond donors (Lipinski definition) is 0. The Morgan fingerprint density at radius 3 is 1.52 bits per heavy atom. The molecule has 14 heteroatoms. The van der Waals surface area contributed by atoms with Crippen LogP contribution in [0.15, 0.2) is 6.08 Å². The van der Waals surface area contributed by atoms with E-state index in [2.05, 4.69) is 0 Å². The zero-order chi connectivity index (χ0) is 21.5. The third kappa shape index (κ3) is 3.40. The lowest BCUT2D eigenvalue weighted by molar-refractivity contribution is -0.323. The van der Waals surface area contributed by atoms with Gasteiger partial charge >= 0.3 is 18.0 Å². The lowest BCUT2D eigenvalue weighted by atomic mass is 9.96. The maximum absolute atomic E-state index is 13.5. The van der Waals surface area contributed by atoms with Gasteiger partial charge in [-0.3, -0.25) is 4.79 Å². The SMILES string of the molecule is N#Cc1c(F)c(F)c(/C([O-])=C/C(=O)C(F)(C(F)(F)F)C(F)(F)F)c(F)c1F. The van der Waals surface area contributed by atoms with Crippen molar-refractivity contribution in [2.24, 2.45) is 0 Å². The molecule has 0 aliphatic carbocycles. The van der Waals surface area contributed by atoms with Gasteiger partial charge in [0.2, 0.25) is 5.78 Å². The van der Waals surface area contributed by atoms with Gasteiger partial charge in [0, 0.05) is 5.56 Å².